The minimum absolute atomic E-state index is 0.588. The second-order valence-electron chi connectivity index (χ2n) is 5.56. The van der Waals surface area contributed by atoms with Gasteiger partial charge in [0.05, 0.1) is 5.56 Å². The minimum atomic E-state index is 0.588. The van der Waals surface area contributed by atoms with Crippen LogP contribution in [0.15, 0.2) is 35.0 Å². The predicted molar refractivity (Wildman–Crippen MR) is 96.7 cm³/mol. The zero-order valence-corrected chi connectivity index (χ0v) is 15.1. The number of aldehydes is 1. The number of benzene rings is 1. The first-order chi connectivity index (χ1) is 10.8. The molecule has 0 aliphatic heterocycles. The second-order valence-corrected chi connectivity index (χ2v) is 6.02. The average Bonchev–Trinajstić information content (AvgIpc) is 2.56. The predicted octanol–water partition coefficient (Wildman–Crippen LogP) is 6.65. The van der Waals surface area contributed by atoms with Crippen molar-refractivity contribution in [1.82, 2.24) is 0 Å². The summed E-state index contributed by atoms with van der Waals surface area (Å²) in [7, 11) is 0. The molecule has 0 fully saturated rings. The third-order valence-corrected chi connectivity index (χ3v) is 4.20. The van der Waals surface area contributed by atoms with Crippen LogP contribution in [0, 0.1) is 0 Å². The van der Waals surface area contributed by atoms with Crippen LogP contribution in [0.5, 0.6) is 5.75 Å². The van der Waals surface area contributed by atoms with Crippen LogP contribution in [0.1, 0.15) is 75.1 Å². The first-order valence-corrected chi connectivity index (χ1v) is 9.24. The number of rotatable bonds is 12. The van der Waals surface area contributed by atoms with Gasteiger partial charge in [-0.3, -0.25) is 4.79 Å². The van der Waals surface area contributed by atoms with Crippen molar-refractivity contribution in [3.8, 4) is 5.75 Å². The maximum absolute atomic E-state index is 11.0. The molecule has 0 heterocycles. The van der Waals surface area contributed by atoms with E-state index in [9.17, 15) is 4.79 Å². The van der Waals surface area contributed by atoms with Crippen molar-refractivity contribution in [1.29, 1.82) is 0 Å². The molecule has 0 saturated heterocycles. The fraction of sp³-hybridized carbons (Fsp3) is 0.526. The molecule has 1 aromatic carbocycles. The van der Waals surface area contributed by atoms with E-state index in [-0.39, 0.29) is 0 Å². The molecule has 122 valence electrons. The van der Waals surface area contributed by atoms with Gasteiger partial charge in [0, 0.05) is 11.4 Å². The molecule has 1 aromatic rings. The van der Waals surface area contributed by atoms with E-state index in [1.54, 1.807) is 6.07 Å². The van der Waals surface area contributed by atoms with Gasteiger partial charge < -0.3 is 4.74 Å². The Morgan fingerprint density at radius 2 is 1.68 bits per heavy atom. The molecule has 0 aliphatic rings. The molecule has 2 nitrogen and oxygen atoms in total. The maximum Gasteiger partial charge on any atom is 0.153 e. The smallest absolute Gasteiger partial charge is 0.153 e. The Hall–Kier alpha value is -1.09. The van der Waals surface area contributed by atoms with Crippen LogP contribution in [0.3, 0.4) is 0 Å². The van der Waals surface area contributed by atoms with Gasteiger partial charge in [0.25, 0.3) is 0 Å². The molecule has 22 heavy (non-hydrogen) atoms. The first kappa shape index (κ1) is 19.0. The van der Waals surface area contributed by atoms with E-state index in [0.717, 1.165) is 24.9 Å². The van der Waals surface area contributed by atoms with Gasteiger partial charge in [-0.05, 0) is 18.6 Å². The Bertz CT molecular complexity index is 455. The van der Waals surface area contributed by atoms with Crippen LogP contribution in [0.2, 0.25) is 0 Å². The van der Waals surface area contributed by atoms with Gasteiger partial charge >= 0.3 is 0 Å². The van der Waals surface area contributed by atoms with E-state index < -0.39 is 0 Å². The van der Waals surface area contributed by atoms with E-state index in [1.165, 1.54) is 44.9 Å². The number of halogens is 1. The lowest BCUT2D eigenvalue weighted by molar-refractivity contribution is 0.112. The van der Waals surface area contributed by atoms with Crippen molar-refractivity contribution in [3.63, 3.8) is 0 Å². The third kappa shape index (κ3) is 7.79. The van der Waals surface area contributed by atoms with Gasteiger partial charge in [-0.2, -0.15) is 0 Å². The lowest BCUT2D eigenvalue weighted by atomic mass is 10.1. The van der Waals surface area contributed by atoms with Gasteiger partial charge in [-0.25, -0.2) is 0 Å². The second kappa shape index (κ2) is 12.5. The topological polar surface area (TPSA) is 26.3 Å². The average molecular weight is 367 g/mol. The molecule has 3 heteroatoms. The van der Waals surface area contributed by atoms with Crippen LogP contribution in [0.4, 0.5) is 0 Å². The monoisotopic (exact) mass is 366 g/mol. The van der Waals surface area contributed by atoms with Gasteiger partial charge in [0.15, 0.2) is 6.29 Å². The van der Waals surface area contributed by atoms with Gasteiger partial charge in [-0.1, -0.05) is 79.9 Å². The molecule has 0 aliphatic carbocycles. The lowest BCUT2D eigenvalue weighted by Crippen LogP contribution is -1.98. The highest BCUT2D eigenvalue weighted by atomic mass is 79.9. The summed E-state index contributed by atoms with van der Waals surface area (Å²) in [5.41, 5.74) is 0.588. The van der Waals surface area contributed by atoms with Gasteiger partial charge in [0.1, 0.15) is 11.5 Å². The number of hydrogen-bond acceptors (Lipinski definition) is 2. The summed E-state index contributed by atoms with van der Waals surface area (Å²) in [4.78, 5) is 12.8. The highest BCUT2D eigenvalue weighted by molar-refractivity contribution is 9.11. The van der Waals surface area contributed by atoms with Crippen LogP contribution >= 0.6 is 15.9 Å². The quantitative estimate of drug-likeness (QED) is 0.235. The standard InChI is InChI=1S/C19H27BrO2/c1-2-3-4-5-6-7-8-9-13-18(15-20)22-19-14-11-10-12-17(19)16-21/h10-12,14-16H,2-9,13H2,1H3/b18-15-. The number of carbonyl (C=O) groups is 1. The molecule has 0 N–H and O–H groups in total. The summed E-state index contributed by atoms with van der Waals surface area (Å²) in [5, 5.41) is 0. The summed E-state index contributed by atoms with van der Waals surface area (Å²) in [6.45, 7) is 2.25. The highest BCUT2D eigenvalue weighted by Gasteiger charge is 2.05. The highest BCUT2D eigenvalue weighted by Crippen LogP contribution is 2.22. The fourth-order valence-electron chi connectivity index (χ4n) is 2.37. The first-order valence-electron chi connectivity index (χ1n) is 8.33. The Morgan fingerprint density at radius 1 is 1.05 bits per heavy atom. The van der Waals surface area contributed by atoms with E-state index in [1.807, 2.05) is 23.2 Å². The molecule has 0 saturated carbocycles. The van der Waals surface area contributed by atoms with Crippen LogP contribution in [0.25, 0.3) is 0 Å². The van der Waals surface area contributed by atoms with E-state index >= 15 is 0 Å². The number of para-hydroxylation sites is 1. The van der Waals surface area contributed by atoms with Crippen LogP contribution in [-0.4, -0.2) is 6.29 Å². The number of ether oxygens (including phenoxy) is 1. The van der Waals surface area contributed by atoms with Crippen molar-refractivity contribution in [2.45, 2.75) is 64.7 Å². The normalized spacial score (nSPS) is 11.5. The van der Waals surface area contributed by atoms with Crippen molar-refractivity contribution >= 4 is 22.2 Å². The molecule has 0 atom stereocenters. The molecule has 0 unspecified atom stereocenters. The molecule has 0 radical (unpaired) electrons. The van der Waals surface area contributed by atoms with Crippen molar-refractivity contribution in [2.24, 2.45) is 0 Å². The minimum Gasteiger partial charge on any atom is -0.460 e. The van der Waals surface area contributed by atoms with E-state index in [0.29, 0.717) is 11.3 Å². The Kier molecular flexibility index (Phi) is 10.7. The number of hydrogen-bond donors (Lipinski definition) is 0. The van der Waals surface area contributed by atoms with Crippen molar-refractivity contribution in [2.75, 3.05) is 0 Å². The van der Waals surface area contributed by atoms with Crippen LogP contribution in [-0.2, 0) is 0 Å². The fourth-order valence-corrected chi connectivity index (χ4v) is 2.70. The SMILES string of the molecule is CCCCCCCCCC/C(=C/Br)Oc1ccccc1C=O. The summed E-state index contributed by atoms with van der Waals surface area (Å²) >= 11 is 3.36. The summed E-state index contributed by atoms with van der Waals surface area (Å²) in [5.74, 6) is 1.50. The lowest BCUT2D eigenvalue weighted by Gasteiger charge is -2.11. The van der Waals surface area contributed by atoms with Crippen molar-refractivity contribution in [3.05, 3.63) is 40.6 Å². The summed E-state index contributed by atoms with van der Waals surface area (Å²) in [6.07, 6.45) is 12.1. The largest absolute Gasteiger partial charge is 0.460 e. The van der Waals surface area contributed by atoms with Gasteiger partial charge in [-0.15, -0.1) is 0 Å². The molecule has 0 bridgehead atoms. The van der Waals surface area contributed by atoms with E-state index in [4.69, 9.17) is 4.74 Å². The Morgan fingerprint density at radius 3 is 2.32 bits per heavy atom. The Labute approximate surface area is 143 Å². The Balaban J connectivity index is 2.24. The number of carbonyl (C=O) groups excluding carboxylic acids is 1. The molecule has 0 spiro atoms. The van der Waals surface area contributed by atoms with Crippen molar-refractivity contribution < 1.29 is 9.53 Å². The zero-order chi connectivity index (χ0) is 16.0. The maximum atomic E-state index is 11.0. The summed E-state index contributed by atoms with van der Waals surface area (Å²) in [6, 6.07) is 7.32. The third-order valence-electron chi connectivity index (χ3n) is 3.69. The van der Waals surface area contributed by atoms with E-state index in [2.05, 4.69) is 22.9 Å². The van der Waals surface area contributed by atoms with Crippen LogP contribution < -0.4 is 4.74 Å². The molecular formula is C19H27BrO2. The molecule has 1 rings (SSSR count). The molecule has 0 aromatic heterocycles. The summed E-state index contributed by atoms with van der Waals surface area (Å²) < 4.78 is 5.83. The van der Waals surface area contributed by atoms with Gasteiger partial charge in [0.2, 0.25) is 0 Å². The zero-order valence-electron chi connectivity index (χ0n) is 13.5. The molecular weight excluding hydrogens is 340 g/mol. The number of unbranched alkanes of at least 4 members (excludes halogenated alkanes) is 7. The molecule has 0 amide bonds. The number of allylic oxidation sites excluding steroid dienone is 1.